The van der Waals surface area contributed by atoms with Gasteiger partial charge < -0.3 is 4.74 Å². The highest BCUT2D eigenvalue weighted by Crippen LogP contribution is 2.16. The van der Waals surface area contributed by atoms with Crippen molar-refractivity contribution in [2.75, 3.05) is 0 Å². The molecule has 0 spiro atoms. The van der Waals surface area contributed by atoms with Crippen LogP contribution in [0.1, 0.15) is 33.7 Å². The summed E-state index contributed by atoms with van der Waals surface area (Å²) in [5.74, 6) is 0.234. The zero-order valence-corrected chi connectivity index (χ0v) is 11.1. The predicted octanol–water partition coefficient (Wildman–Crippen LogP) is 1.81. The monoisotopic (exact) mass is 266 g/mol. The number of aromatic nitrogens is 4. The van der Waals surface area contributed by atoms with Gasteiger partial charge in [0.05, 0.1) is 0 Å². The average molecular weight is 266 g/mol. The number of aryl methyl sites for hydroxylation is 2. The van der Waals surface area contributed by atoms with E-state index < -0.39 is 0 Å². The second-order valence-corrected chi connectivity index (χ2v) is 5.09. The molecule has 0 fully saturated rings. The molecule has 2 heterocycles. The third kappa shape index (κ3) is 2.92. The molecule has 0 saturated carbocycles. The molecule has 0 N–H and O–H groups in total. The van der Waals surface area contributed by atoms with Gasteiger partial charge in [0.2, 0.25) is 0 Å². The summed E-state index contributed by atoms with van der Waals surface area (Å²) in [5, 5.41) is 11.2. The molecule has 0 atom stereocenters. The predicted molar refractivity (Wildman–Crippen MR) is 66.3 cm³/mol. The van der Waals surface area contributed by atoms with Crippen LogP contribution in [0.25, 0.3) is 0 Å². The van der Waals surface area contributed by atoms with Crippen molar-refractivity contribution in [1.29, 1.82) is 0 Å². The van der Waals surface area contributed by atoms with Crippen molar-refractivity contribution in [3.8, 4) is 0 Å². The van der Waals surface area contributed by atoms with Crippen LogP contribution in [-0.2, 0) is 17.9 Å². The van der Waals surface area contributed by atoms with E-state index in [1.54, 1.807) is 10.7 Å². The second-order valence-electron chi connectivity index (χ2n) is 3.80. The zero-order valence-electron chi connectivity index (χ0n) is 10.3. The van der Waals surface area contributed by atoms with Crippen molar-refractivity contribution in [3.63, 3.8) is 0 Å². The Labute approximate surface area is 109 Å². The van der Waals surface area contributed by atoms with Crippen LogP contribution in [-0.4, -0.2) is 26.2 Å². The molecule has 2 aromatic heterocycles. The van der Waals surface area contributed by atoms with E-state index in [1.807, 2.05) is 19.9 Å². The maximum atomic E-state index is 11.7. The van der Waals surface area contributed by atoms with E-state index >= 15 is 0 Å². The third-order valence-corrected chi connectivity index (χ3v) is 3.30. The summed E-state index contributed by atoms with van der Waals surface area (Å²) in [5.41, 5.74) is 0. The summed E-state index contributed by atoms with van der Waals surface area (Å²) in [7, 11) is 0. The minimum atomic E-state index is -0.334. The van der Waals surface area contributed by atoms with Crippen LogP contribution in [0.3, 0.4) is 0 Å². The Hall–Kier alpha value is -1.76. The highest BCUT2D eigenvalue weighted by atomic mass is 32.1. The van der Waals surface area contributed by atoms with E-state index in [4.69, 9.17) is 4.74 Å². The van der Waals surface area contributed by atoms with Gasteiger partial charge >= 0.3 is 5.97 Å². The summed E-state index contributed by atoms with van der Waals surface area (Å²) >= 11 is 1.41. The van der Waals surface area contributed by atoms with Crippen LogP contribution in [0.2, 0.25) is 0 Å². The lowest BCUT2D eigenvalue weighted by atomic mass is 10.4. The Morgan fingerprint density at radius 3 is 3.00 bits per heavy atom. The van der Waals surface area contributed by atoms with E-state index in [9.17, 15) is 4.79 Å². The van der Waals surface area contributed by atoms with Crippen molar-refractivity contribution in [2.45, 2.75) is 33.4 Å². The van der Waals surface area contributed by atoms with Crippen LogP contribution < -0.4 is 0 Å². The SMILES string of the molecule is CCCn1nnnc1COC(=O)c1ccc(C)s1. The van der Waals surface area contributed by atoms with E-state index in [2.05, 4.69) is 15.5 Å². The molecule has 0 radical (unpaired) electrons. The fourth-order valence-electron chi connectivity index (χ4n) is 1.46. The van der Waals surface area contributed by atoms with Crippen molar-refractivity contribution in [1.82, 2.24) is 20.2 Å². The lowest BCUT2D eigenvalue weighted by molar-refractivity contribution is 0.0462. The Bertz CT molecular complexity index is 535. The van der Waals surface area contributed by atoms with Gasteiger partial charge in [-0.2, -0.15) is 0 Å². The fourth-order valence-corrected chi connectivity index (χ4v) is 2.22. The van der Waals surface area contributed by atoms with Crippen LogP contribution in [0, 0.1) is 6.92 Å². The van der Waals surface area contributed by atoms with Crippen LogP contribution in [0.4, 0.5) is 0 Å². The topological polar surface area (TPSA) is 69.9 Å². The normalized spacial score (nSPS) is 10.6. The first-order valence-electron chi connectivity index (χ1n) is 5.69. The Morgan fingerprint density at radius 2 is 2.33 bits per heavy atom. The number of carbonyl (C=O) groups excluding carboxylic acids is 1. The molecule has 6 nitrogen and oxygen atoms in total. The minimum absolute atomic E-state index is 0.1000. The maximum absolute atomic E-state index is 11.7. The molecule has 2 rings (SSSR count). The number of rotatable bonds is 5. The minimum Gasteiger partial charge on any atom is -0.453 e. The van der Waals surface area contributed by atoms with Crippen molar-refractivity contribution >= 4 is 17.3 Å². The Morgan fingerprint density at radius 1 is 1.50 bits per heavy atom. The van der Waals surface area contributed by atoms with E-state index in [0.29, 0.717) is 10.7 Å². The van der Waals surface area contributed by atoms with E-state index in [-0.39, 0.29) is 12.6 Å². The summed E-state index contributed by atoms with van der Waals surface area (Å²) in [6.07, 6.45) is 0.927. The molecule has 0 unspecified atom stereocenters. The smallest absolute Gasteiger partial charge is 0.348 e. The average Bonchev–Trinajstić information content (AvgIpc) is 2.96. The first kappa shape index (κ1) is 12.7. The number of thiophene rings is 1. The molecule has 0 aromatic carbocycles. The molecule has 0 aliphatic heterocycles. The first-order valence-corrected chi connectivity index (χ1v) is 6.51. The summed E-state index contributed by atoms with van der Waals surface area (Å²) < 4.78 is 6.83. The van der Waals surface area contributed by atoms with Crippen LogP contribution >= 0.6 is 11.3 Å². The molecule has 7 heteroatoms. The van der Waals surface area contributed by atoms with E-state index in [1.165, 1.54) is 11.3 Å². The lowest BCUT2D eigenvalue weighted by Gasteiger charge is -2.03. The van der Waals surface area contributed by atoms with Gasteiger partial charge in [-0.1, -0.05) is 6.92 Å². The Kier molecular flexibility index (Phi) is 4.03. The molecule has 2 aromatic rings. The van der Waals surface area contributed by atoms with Gasteiger partial charge in [0.15, 0.2) is 12.4 Å². The molecular weight excluding hydrogens is 252 g/mol. The molecule has 0 amide bonds. The molecule has 0 aliphatic rings. The van der Waals surface area contributed by atoms with Gasteiger partial charge in [-0.3, -0.25) is 0 Å². The molecule has 18 heavy (non-hydrogen) atoms. The van der Waals surface area contributed by atoms with Crippen molar-refractivity contribution < 1.29 is 9.53 Å². The maximum Gasteiger partial charge on any atom is 0.348 e. The van der Waals surface area contributed by atoms with Crippen molar-refractivity contribution in [2.24, 2.45) is 0 Å². The fraction of sp³-hybridized carbons (Fsp3) is 0.455. The van der Waals surface area contributed by atoms with Gasteiger partial charge in [0, 0.05) is 11.4 Å². The summed E-state index contributed by atoms with van der Waals surface area (Å²) in [6, 6.07) is 3.65. The molecule has 96 valence electrons. The molecule has 0 bridgehead atoms. The highest BCUT2D eigenvalue weighted by Gasteiger charge is 2.12. The lowest BCUT2D eigenvalue weighted by Crippen LogP contribution is -2.10. The van der Waals surface area contributed by atoms with Gasteiger partial charge in [-0.15, -0.1) is 16.4 Å². The molecule has 0 aliphatic carbocycles. The second kappa shape index (κ2) is 5.72. The molecule has 0 saturated heterocycles. The quantitative estimate of drug-likeness (QED) is 0.772. The number of hydrogen-bond donors (Lipinski definition) is 0. The third-order valence-electron chi connectivity index (χ3n) is 2.32. The van der Waals surface area contributed by atoms with E-state index in [0.717, 1.165) is 17.8 Å². The first-order chi connectivity index (χ1) is 8.70. The van der Waals surface area contributed by atoms with Gasteiger partial charge in [-0.05, 0) is 35.9 Å². The number of hydrogen-bond acceptors (Lipinski definition) is 6. The largest absolute Gasteiger partial charge is 0.453 e. The standard InChI is InChI=1S/C11H14N4O2S/c1-3-6-15-10(12-13-14-15)7-17-11(16)9-5-4-8(2)18-9/h4-5H,3,6-7H2,1-2H3. The number of nitrogens with zero attached hydrogens (tertiary/aromatic N) is 4. The Balaban J connectivity index is 1.95. The van der Waals surface area contributed by atoms with Crippen LogP contribution in [0.5, 0.6) is 0 Å². The van der Waals surface area contributed by atoms with Crippen LogP contribution in [0.15, 0.2) is 12.1 Å². The number of esters is 1. The van der Waals surface area contributed by atoms with Gasteiger partial charge in [-0.25, -0.2) is 9.48 Å². The number of ether oxygens (including phenoxy) is 1. The number of tetrazole rings is 1. The zero-order chi connectivity index (χ0) is 13.0. The molecular formula is C11H14N4O2S. The highest BCUT2D eigenvalue weighted by molar-refractivity contribution is 7.13. The van der Waals surface area contributed by atoms with Gasteiger partial charge in [0.25, 0.3) is 0 Å². The van der Waals surface area contributed by atoms with Gasteiger partial charge in [0.1, 0.15) is 4.88 Å². The summed E-state index contributed by atoms with van der Waals surface area (Å²) in [4.78, 5) is 13.4. The van der Waals surface area contributed by atoms with Crippen molar-refractivity contribution in [3.05, 3.63) is 27.7 Å². The summed E-state index contributed by atoms with van der Waals surface area (Å²) in [6.45, 7) is 4.80. The number of carbonyl (C=O) groups is 1.